The van der Waals surface area contributed by atoms with Crippen LogP contribution in [0.3, 0.4) is 0 Å². The Hall–Kier alpha value is -1.20. The molecule has 0 fully saturated rings. The first-order valence-corrected chi connectivity index (χ1v) is 6.14. The predicted octanol–water partition coefficient (Wildman–Crippen LogP) is 3.14. The highest BCUT2D eigenvalue weighted by atomic mass is 79.9. The van der Waals surface area contributed by atoms with Crippen molar-refractivity contribution in [1.82, 2.24) is 10.1 Å². The van der Waals surface area contributed by atoms with E-state index in [9.17, 15) is 0 Å². The maximum atomic E-state index is 5.69. The average Bonchev–Trinajstić information content (AvgIpc) is 2.74. The standard InChI is InChI=1S/C12H14BrN3O/c1-6-4-9(5-7(2)10(6)13)11-15-12(8(3)14)17-16-11/h4-5,8H,14H2,1-3H3/t8-/m1/s1. The van der Waals surface area contributed by atoms with E-state index in [0.29, 0.717) is 11.7 Å². The van der Waals surface area contributed by atoms with Gasteiger partial charge in [-0.3, -0.25) is 0 Å². The van der Waals surface area contributed by atoms with E-state index in [4.69, 9.17) is 10.3 Å². The van der Waals surface area contributed by atoms with E-state index in [0.717, 1.165) is 21.2 Å². The Morgan fingerprint density at radius 2 is 1.88 bits per heavy atom. The van der Waals surface area contributed by atoms with Gasteiger partial charge in [0, 0.05) is 10.0 Å². The fourth-order valence-electron chi connectivity index (χ4n) is 1.61. The maximum absolute atomic E-state index is 5.69. The molecule has 0 aliphatic heterocycles. The third-order valence-electron chi connectivity index (χ3n) is 2.53. The Morgan fingerprint density at radius 3 is 2.35 bits per heavy atom. The lowest BCUT2D eigenvalue weighted by Gasteiger charge is -2.04. The van der Waals surface area contributed by atoms with Crippen molar-refractivity contribution in [2.24, 2.45) is 5.73 Å². The van der Waals surface area contributed by atoms with Gasteiger partial charge in [0.05, 0.1) is 6.04 Å². The summed E-state index contributed by atoms with van der Waals surface area (Å²) in [5.74, 6) is 1.04. The molecule has 1 heterocycles. The van der Waals surface area contributed by atoms with Crippen LogP contribution in [-0.2, 0) is 0 Å². The van der Waals surface area contributed by atoms with E-state index in [2.05, 4.69) is 26.1 Å². The van der Waals surface area contributed by atoms with Crippen LogP contribution in [0.1, 0.15) is 30.0 Å². The largest absolute Gasteiger partial charge is 0.337 e. The minimum atomic E-state index is -0.242. The second kappa shape index (κ2) is 4.58. The first-order chi connectivity index (χ1) is 7.99. The van der Waals surface area contributed by atoms with Gasteiger partial charge in [0.25, 0.3) is 0 Å². The molecular formula is C12H14BrN3O. The third kappa shape index (κ3) is 2.40. The van der Waals surface area contributed by atoms with Gasteiger partial charge in [-0.05, 0) is 44.0 Å². The monoisotopic (exact) mass is 295 g/mol. The number of aryl methyl sites for hydroxylation is 2. The van der Waals surface area contributed by atoms with Crippen LogP contribution in [0.25, 0.3) is 11.4 Å². The molecule has 0 amide bonds. The van der Waals surface area contributed by atoms with Gasteiger partial charge < -0.3 is 10.3 Å². The average molecular weight is 296 g/mol. The van der Waals surface area contributed by atoms with E-state index >= 15 is 0 Å². The number of halogens is 1. The summed E-state index contributed by atoms with van der Waals surface area (Å²) in [4.78, 5) is 4.27. The zero-order valence-corrected chi connectivity index (χ0v) is 11.6. The van der Waals surface area contributed by atoms with Crippen LogP contribution < -0.4 is 5.73 Å². The Morgan fingerprint density at radius 1 is 1.29 bits per heavy atom. The molecule has 90 valence electrons. The Kier molecular flexibility index (Phi) is 3.31. The Balaban J connectivity index is 2.46. The highest BCUT2D eigenvalue weighted by Gasteiger charge is 2.13. The van der Waals surface area contributed by atoms with Crippen molar-refractivity contribution in [1.29, 1.82) is 0 Å². The molecule has 0 spiro atoms. The second-order valence-electron chi connectivity index (χ2n) is 4.17. The molecule has 4 nitrogen and oxygen atoms in total. The van der Waals surface area contributed by atoms with E-state index in [-0.39, 0.29) is 6.04 Å². The van der Waals surface area contributed by atoms with Crippen LogP contribution >= 0.6 is 15.9 Å². The lowest BCUT2D eigenvalue weighted by atomic mass is 10.1. The summed E-state index contributed by atoms with van der Waals surface area (Å²) in [6, 6.07) is 3.80. The zero-order valence-electron chi connectivity index (χ0n) is 9.99. The van der Waals surface area contributed by atoms with Crippen LogP contribution in [0.2, 0.25) is 0 Å². The molecule has 1 atom stereocenters. The Labute approximate surface area is 108 Å². The van der Waals surface area contributed by atoms with Crippen molar-refractivity contribution < 1.29 is 4.52 Å². The van der Waals surface area contributed by atoms with Crippen molar-refractivity contribution in [3.8, 4) is 11.4 Å². The fourth-order valence-corrected chi connectivity index (χ4v) is 1.84. The summed E-state index contributed by atoms with van der Waals surface area (Å²) < 4.78 is 6.20. The van der Waals surface area contributed by atoms with Crippen molar-refractivity contribution in [2.75, 3.05) is 0 Å². The van der Waals surface area contributed by atoms with Crippen molar-refractivity contribution in [3.05, 3.63) is 33.6 Å². The molecule has 2 rings (SSSR count). The second-order valence-corrected chi connectivity index (χ2v) is 4.96. The molecule has 0 aliphatic carbocycles. The molecule has 0 unspecified atom stereocenters. The number of nitrogens with two attached hydrogens (primary N) is 1. The third-order valence-corrected chi connectivity index (χ3v) is 3.78. The summed E-state index contributed by atoms with van der Waals surface area (Å²) in [5, 5.41) is 3.94. The molecule has 2 N–H and O–H groups in total. The molecule has 0 radical (unpaired) electrons. The highest BCUT2D eigenvalue weighted by molar-refractivity contribution is 9.10. The fraction of sp³-hybridized carbons (Fsp3) is 0.333. The minimum Gasteiger partial charge on any atom is -0.337 e. The van der Waals surface area contributed by atoms with E-state index < -0.39 is 0 Å². The summed E-state index contributed by atoms with van der Waals surface area (Å²) in [6.07, 6.45) is 0. The normalized spacial score (nSPS) is 12.8. The maximum Gasteiger partial charge on any atom is 0.243 e. The number of hydrogen-bond donors (Lipinski definition) is 1. The lowest BCUT2D eigenvalue weighted by molar-refractivity contribution is 0.362. The van der Waals surface area contributed by atoms with Crippen LogP contribution in [0.4, 0.5) is 0 Å². The number of rotatable bonds is 2. The summed E-state index contributed by atoms with van der Waals surface area (Å²) in [6.45, 7) is 5.88. The van der Waals surface area contributed by atoms with E-state index in [1.807, 2.05) is 32.9 Å². The van der Waals surface area contributed by atoms with Gasteiger partial charge in [-0.1, -0.05) is 21.1 Å². The molecule has 0 saturated carbocycles. The summed E-state index contributed by atoms with van der Waals surface area (Å²) in [7, 11) is 0. The summed E-state index contributed by atoms with van der Waals surface area (Å²) >= 11 is 3.53. The highest BCUT2D eigenvalue weighted by Crippen LogP contribution is 2.27. The zero-order chi connectivity index (χ0) is 12.6. The van der Waals surface area contributed by atoms with Crippen molar-refractivity contribution in [2.45, 2.75) is 26.8 Å². The number of aromatic nitrogens is 2. The van der Waals surface area contributed by atoms with Gasteiger partial charge in [0.1, 0.15) is 0 Å². The van der Waals surface area contributed by atoms with Gasteiger partial charge in [-0.25, -0.2) is 0 Å². The minimum absolute atomic E-state index is 0.242. The molecule has 17 heavy (non-hydrogen) atoms. The first kappa shape index (κ1) is 12.3. The topological polar surface area (TPSA) is 64.9 Å². The molecule has 0 aliphatic rings. The van der Waals surface area contributed by atoms with Crippen LogP contribution in [-0.4, -0.2) is 10.1 Å². The number of benzene rings is 1. The molecule has 1 aromatic heterocycles. The first-order valence-electron chi connectivity index (χ1n) is 5.35. The smallest absolute Gasteiger partial charge is 0.243 e. The van der Waals surface area contributed by atoms with Crippen LogP contribution in [0.5, 0.6) is 0 Å². The quantitative estimate of drug-likeness (QED) is 0.924. The van der Waals surface area contributed by atoms with Gasteiger partial charge in [-0.15, -0.1) is 0 Å². The van der Waals surface area contributed by atoms with Crippen LogP contribution in [0.15, 0.2) is 21.1 Å². The lowest BCUT2D eigenvalue weighted by Crippen LogP contribution is -2.04. The number of hydrogen-bond acceptors (Lipinski definition) is 4. The van der Waals surface area contributed by atoms with Gasteiger partial charge >= 0.3 is 0 Å². The summed E-state index contributed by atoms with van der Waals surface area (Å²) in [5.41, 5.74) is 8.92. The van der Waals surface area contributed by atoms with E-state index in [1.165, 1.54) is 0 Å². The molecular weight excluding hydrogens is 282 g/mol. The van der Waals surface area contributed by atoms with E-state index in [1.54, 1.807) is 0 Å². The molecule has 0 saturated heterocycles. The molecule has 5 heteroatoms. The van der Waals surface area contributed by atoms with Gasteiger partial charge in [0.2, 0.25) is 11.7 Å². The van der Waals surface area contributed by atoms with Crippen molar-refractivity contribution in [3.63, 3.8) is 0 Å². The number of nitrogens with zero attached hydrogens (tertiary/aromatic N) is 2. The van der Waals surface area contributed by atoms with Crippen LogP contribution in [0, 0.1) is 13.8 Å². The van der Waals surface area contributed by atoms with Gasteiger partial charge in [0.15, 0.2) is 0 Å². The molecule has 1 aromatic carbocycles. The Bertz CT molecular complexity index is 525. The predicted molar refractivity (Wildman–Crippen MR) is 69.5 cm³/mol. The molecule has 2 aromatic rings. The molecule has 0 bridgehead atoms. The van der Waals surface area contributed by atoms with Gasteiger partial charge in [-0.2, -0.15) is 4.98 Å². The SMILES string of the molecule is Cc1cc(-c2noc([C@@H](C)N)n2)cc(C)c1Br. The van der Waals surface area contributed by atoms with Crippen molar-refractivity contribution >= 4 is 15.9 Å².